The van der Waals surface area contributed by atoms with Crippen LogP contribution in [-0.2, 0) is 13.0 Å². The number of thiazole rings is 1. The molecule has 8 heteroatoms. The Morgan fingerprint density at radius 1 is 1.21 bits per heavy atom. The third kappa shape index (κ3) is 4.44. The molecule has 1 amide bonds. The first-order chi connectivity index (χ1) is 14.1. The number of aromatic nitrogens is 1. The van der Waals surface area contributed by atoms with Gasteiger partial charge >= 0.3 is 0 Å². The Kier molecular flexibility index (Phi) is 5.82. The van der Waals surface area contributed by atoms with Gasteiger partial charge < -0.3 is 16.0 Å². The summed E-state index contributed by atoms with van der Waals surface area (Å²) in [5.41, 5.74) is 9.00. The van der Waals surface area contributed by atoms with Crippen molar-refractivity contribution < 1.29 is 4.79 Å². The van der Waals surface area contributed by atoms with Crippen LogP contribution in [0.3, 0.4) is 0 Å². The molecule has 0 atom stereocenters. The summed E-state index contributed by atoms with van der Waals surface area (Å²) in [6, 6.07) is 17.2. The first kappa shape index (κ1) is 19.5. The van der Waals surface area contributed by atoms with Crippen LogP contribution in [0.5, 0.6) is 0 Å². The molecule has 0 spiro atoms. The zero-order valence-corrected chi connectivity index (χ0v) is 17.6. The Labute approximate surface area is 177 Å². The van der Waals surface area contributed by atoms with Gasteiger partial charge in [0.1, 0.15) is 0 Å². The van der Waals surface area contributed by atoms with Crippen LogP contribution in [0.25, 0.3) is 0 Å². The monoisotopic (exact) mass is 423 g/mol. The van der Waals surface area contributed by atoms with Gasteiger partial charge in [0.25, 0.3) is 5.91 Å². The topological polar surface area (TPSA) is 83.6 Å². The lowest BCUT2D eigenvalue weighted by atomic mass is 10.2. The summed E-state index contributed by atoms with van der Waals surface area (Å²) in [4.78, 5) is 25.3. The second-order valence-corrected chi connectivity index (χ2v) is 8.39. The number of nitrogens with one attached hydrogen (secondary N) is 1. The zero-order valence-electron chi connectivity index (χ0n) is 16.0. The van der Waals surface area contributed by atoms with E-state index in [-0.39, 0.29) is 5.91 Å². The van der Waals surface area contributed by atoms with Crippen LogP contribution in [0, 0.1) is 0 Å². The van der Waals surface area contributed by atoms with Crippen molar-refractivity contribution in [1.29, 1.82) is 0 Å². The van der Waals surface area contributed by atoms with Gasteiger partial charge in [-0.25, -0.2) is 9.98 Å². The number of thioether (sulfide) groups is 1. The van der Waals surface area contributed by atoms with Crippen molar-refractivity contribution in [3.8, 4) is 0 Å². The second-order valence-electron chi connectivity index (χ2n) is 6.54. The number of anilines is 2. The predicted molar refractivity (Wildman–Crippen MR) is 122 cm³/mol. The molecule has 0 fully saturated rings. The molecule has 4 rings (SSSR count). The largest absolute Gasteiger partial charge is 0.397 e. The van der Waals surface area contributed by atoms with E-state index >= 15 is 0 Å². The summed E-state index contributed by atoms with van der Waals surface area (Å²) in [6.45, 7) is 1.54. The van der Waals surface area contributed by atoms with E-state index < -0.39 is 0 Å². The number of nitrogens with zero attached hydrogens (tertiary/aromatic N) is 3. The van der Waals surface area contributed by atoms with Crippen LogP contribution in [0.15, 0.2) is 59.6 Å². The minimum absolute atomic E-state index is 0.225. The standard InChI is InChI=1S/C21H21N5OS2/c1-28-21(23-14-7-3-2-4-8-14)26-12-11-17-18(13-26)29-20(25-17)19(27)24-16-10-6-5-9-15(16)22/h2-10H,11-13,22H2,1H3,(H,24,27)/b23-21-. The number of aliphatic imine (C=N–C) groups is 1. The molecule has 2 heterocycles. The first-order valence-electron chi connectivity index (χ1n) is 9.21. The number of benzene rings is 2. The Bertz CT molecular complexity index is 1050. The molecule has 1 aliphatic rings. The van der Waals surface area contributed by atoms with E-state index in [1.807, 2.05) is 48.7 Å². The van der Waals surface area contributed by atoms with E-state index in [1.165, 1.54) is 11.3 Å². The predicted octanol–water partition coefficient (Wildman–Crippen LogP) is 4.39. The molecule has 3 aromatic rings. The lowest BCUT2D eigenvalue weighted by Crippen LogP contribution is -2.33. The molecule has 3 N–H and O–H groups in total. The smallest absolute Gasteiger partial charge is 0.284 e. The van der Waals surface area contributed by atoms with Crippen molar-refractivity contribution in [3.63, 3.8) is 0 Å². The summed E-state index contributed by atoms with van der Waals surface area (Å²) in [6.07, 6.45) is 2.83. The lowest BCUT2D eigenvalue weighted by molar-refractivity contribution is 0.102. The summed E-state index contributed by atoms with van der Waals surface area (Å²) in [7, 11) is 0. The SMILES string of the molecule is CS/C(=N\c1ccccc1)N1CCc2nc(C(=O)Nc3ccccc3N)sc2C1. The molecular weight excluding hydrogens is 402 g/mol. The highest BCUT2D eigenvalue weighted by Crippen LogP contribution is 2.28. The third-order valence-corrected chi connectivity index (χ3v) is 6.36. The van der Waals surface area contributed by atoms with Crippen molar-refractivity contribution in [1.82, 2.24) is 9.88 Å². The van der Waals surface area contributed by atoms with E-state index in [9.17, 15) is 4.79 Å². The van der Waals surface area contributed by atoms with Gasteiger partial charge in [-0.05, 0) is 30.5 Å². The number of para-hydroxylation sites is 3. The number of hydrogen-bond acceptors (Lipinski definition) is 6. The molecule has 148 valence electrons. The van der Waals surface area contributed by atoms with Crippen LogP contribution in [-0.4, -0.2) is 33.8 Å². The van der Waals surface area contributed by atoms with Crippen LogP contribution < -0.4 is 11.1 Å². The number of nitrogens with two attached hydrogens (primary N) is 1. The molecule has 1 aliphatic heterocycles. The zero-order chi connectivity index (χ0) is 20.2. The minimum atomic E-state index is -0.225. The van der Waals surface area contributed by atoms with E-state index in [0.717, 1.165) is 34.4 Å². The highest BCUT2D eigenvalue weighted by molar-refractivity contribution is 8.13. The molecule has 0 unspecified atom stereocenters. The van der Waals surface area contributed by atoms with Gasteiger partial charge in [0, 0.05) is 17.8 Å². The van der Waals surface area contributed by atoms with E-state index in [2.05, 4.69) is 15.2 Å². The number of nitrogen functional groups attached to an aromatic ring is 1. The molecule has 0 radical (unpaired) electrons. The Morgan fingerprint density at radius 2 is 1.97 bits per heavy atom. The normalized spacial score (nSPS) is 13.8. The molecule has 0 saturated carbocycles. The van der Waals surface area contributed by atoms with Gasteiger partial charge in [0.15, 0.2) is 10.2 Å². The van der Waals surface area contributed by atoms with Gasteiger partial charge in [-0.2, -0.15) is 0 Å². The van der Waals surface area contributed by atoms with Gasteiger partial charge in [-0.3, -0.25) is 4.79 Å². The molecule has 1 aromatic heterocycles. The van der Waals surface area contributed by atoms with Crippen molar-refractivity contribution >= 4 is 51.2 Å². The van der Waals surface area contributed by atoms with Crippen LogP contribution >= 0.6 is 23.1 Å². The lowest BCUT2D eigenvalue weighted by Gasteiger charge is -2.28. The highest BCUT2D eigenvalue weighted by Gasteiger charge is 2.25. The van der Waals surface area contributed by atoms with E-state index in [4.69, 9.17) is 10.7 Å². The number of carbonyl (C=O) groups excluding carboxylic acids is 1. The summed E-state index contributed by atoms with van der Waals surface area (Å²) < 4.78 is 0. The fourth-order valence-corrected chi connectivity index (χ4v) is 4.73. The fraction of sp³-hybridized carbons (Fsp3) is 0.190. The average molecular weight is 424 g/mol. The highest BCUT2D eigenvalue weighted by atomic mass is 32.2. The van der Waals surface area contributed by atoms with Crippen LogP contribution in [0.4, 0.5) is 17.1 Å². The Hall–Kier alpha value is -2.84. The number of amidine groups is 1. The second kappa shape index (κ2) is 8.67. The van der Waals surface area contributed by atoms with Crippen LogP contribution in [0.1, 0.15) is 20.4 Å². The van der Waals surface area contributed by atoms with Crippen molar-refractivity contribution in [2.45, 2.75) is 13.0 Å². The molecule has 0 saturated heterocycles. The number of amides is 1. The maximum Gasteiger partial charge on any atom is 0.284 e. The number of fused-ring (bicyclic) bond motifs is 1. The van der Waals surface area contributed by atoms with Gasteiger partial charge in [-0.15, -0.1) is 11.3 Å². The van der Waals surface area contributed by atoms with Gasteiger partial charge in [0.2, 0.25) is 0 Å². The Morgan fingerprint density at radius 3 is 2.72 bits per heavy atom. The summed E-state index contributed by atoms with van der Waals surface area (Å²) >= 11 is 3.07. The van der Waals surface area contributed by atoms with Crippen molar-refractivity contribution in [3.05, 3.63) is 70.2 Å². The molecule has 0 aliphatic carbocycles. The third-order valence-electron chi connectivity index (χ3n) is 4.57. The maximum atomic E-state index is 12.6. The number of rotatable bonds is 3. The average Bonchev–Trinajstić information content (AvgIpc) is 3.18. The van der Waals surface area contributed by atoms with Crippen LogP contribution in [0.2, 0.25) is 0 Å². The quantitative estimate of drug-likeness (QED) is 0.371. The maximum absolute atomic E-state index is 12.6. The summed E-state index contributed by atoms with van der Waals surface area (Å²) in [5, 5.41) is 4.29. The number of carbonyl (C=O) groups is 1. The Balaban J connectivity index is 1.50. The van der Waals surface area contributed by atoms with Gasteiger partial charge in [0.05, 0.1) is 29.3 Å². The minimum Gasteiger partial charge on any atom is -0.397 e. The van der Waals surface area contributed by atoms with Crippen molar-refractivity contribution in [2.24, 2.45) is 4.99 Å². The molecule has 0 bridgehead atoms. The fourth-order valence-electron chi connectivity index (χ4n) is 3.10. The summed E-state index contributed by atoms with van der Waals surface area (Å²) in [5.74, 6) is -0.225. The van der Waals surface area contributed by atoms with E-state index in [0.29, 0.717) is 22.9 Å². The number of hydrogen-bond donors (Lipinski definition) is 2. The molecule has 6 nitrogen and oxygen atoms in total. The molecular formula is C21H21N5OS2. The van der Waals surface area contributed by atoms with Gasteiger partial charge in [-0.1, -0.05) is 42.1 Å². The molecule has 2 aromatic carbocycles. The first-order valence-corrected chi connectivity index (χ1v) is 11.3. The van der Waals surface area contributed by atoms with Crippen molar-refractivity contribution in [2.75, 3.05) is 23.9 Å². The van der Waals surface area contributed by atoms with E-state index in [1.54, 1.807) is 23.9 Å². The molecule has 29 heavy (non-hydrogen) atoms.